The molecule has 7 nitrogen and oxygen atoms in total. The maximum Gasteiger partial charge on any atom is 0.287 e. The Labute approximate surface area is 118 Å². The number of aliphatic hydroxyl groups excluding tert-OH is 1. The number of nitrogens with zero attached hydrogens (tertiary/aromatic N) is 1. The van der Waals surface area contributed by atoms with Crippen molar-refractivity contribution in [2.24, 2.45) is 0 Å². The molecule has 0 spiro atoms. The number of hydrogen-bond donors (Lipinski definition) is 2. The zero-order valence-electron chi connectivity index (χ0n) is 11.6. The Balaban J connectivity index is 2.57. The predicted molar refractivity (Wildman–Crippen MR) is 72.9 cm³/mol. The molecule has 0 fully saturated rings. The van der Waals surface area contributed by atoms with Gasteiger partial charge in [0.2, 0.25) is 5.09 Å². The van der Waals surface area contributed by atoms with Gasteiger partial charge >= 0.3 is 0 Å². The summed E-state index contributed by atoms with van der Waals surface area (Å²) in [5, 5.41) is 11.0. The highest BCUT2D eigenvalue weighted by molar-refractivity contribution is 7.88. The standard InChI is InChI=1S/C12H20N2O5S/c1-14(2)20(17,18)11-7-6-10(19-11)12(16)13-8-4-3-5-9-15/h6-7,15H,3-5,8-9H2,1-2H3,(H,13,16). The maximum atomic E-state index is 11.8. The van der Waals surface area contributed by atoms with E-state index in [1.807, 2.05) is 0 Å². The molecule has 0 aliphatic heterocycles. The van der Waals surface area contributed by atoms with E-state index in [1.165, 1.54) is 26.2 Å². The SMILES string of the molecule is CN(C)S(=O)(=O)c1ccc(C(=O)NCCCCCO)o1. The Kier molecular flexibility index (Phi) is 6.18. The van der Waals surface area contributed by atoms with Gasteiger partial charge in [-0.05, 0) is 31.4 Å². The number of hydrogen-bond acceptors (Lipinski definition) is 5. The molecule has 0 aromatic carbocycles. The lowest BCUT2D eigenvalue weighted by Crippen LogP contribution is -2.24. The Morgan fingerprint density at radius 1 is 1.30 bits per heavy atom. The lowest BCUT2D eigenvalue weighted by atomic mass is 10.2. The number of furan rings is 1. The van der Waals surface area contributed by atoms with Crippen LogP contribution in [0.25, 0.3) is 0 Å². The number of carbonyl (C=O) groups excluding carboxylic acids is 1. The van der Waals surface area contributed by atoms with E-state index in [9.17, 15) is 13.2 Å². The Morgan fingerprint density at radius 3 is 2.60 bits per heavy atom. The van der Waals surface area contributed by atoms with Gasteiger partial charge in [0.1, 0.15) is 0 Å². The first kappa shape index (κ1) is 16.7. The van der Waals surface area contributed by atoms with Crippen molar-refractivity contribution in [3.05, 3.63) is 17.9 Å². The molecule has 1 rings (SSSR count). The number of rotatable bonds is 8. The minimum Gasteiger partial charge on any atom is -0.438 e. The Morgan fingerprint density at radius 2 is 2.00 bits per heavy atom. The van der Waals surface area contributed by atoms with E-state index in [1.54, 1.807) is 0 Å². The largest absolute Gasteiger partial charge is 0.438 e. The van der Waals surface area contributed by atoms with Gasteiger partial charge in [-0.2, -0.15) is 0 Å². The lowest BCUT2D eigenvalue weighted by Gasteiger charge is -2.07. The van der Waals surface area contributed by atoms with Crippen LogP contribution in [0, 0.1) is 0 Å². The molecule has 1 aromatic rings. The average molecular weight is 304 g/mol. The van der Waals surface area contributed by atoms with Gasteiger partial charge in [0.05, 0.1) is 0 Å². The molecule has 2 N–H and O–H groups in total. The molecule has 1 amide bonds. The molecule has 8 heteroatoms. The van der Waals surface area contributed by atoms with Gasteiger partial charge in [-0.3, -0.25) is 4.79 Å². The zero-order chi connectivity index (χ0) is 15.2. The van der Waals surface area contributed by atoms with Crippen molar-refractivity contribution in [2.75, 3.05) is 27.2 Å². The van der Waals surface area contributed by atoms with Crippen molar-refractivity contribution >= 4 is 15.9 Å². The topological polar surface area (TPSA) is 99.9 Å². The van der Waals surface area contributed by atoms with Crippen molar-refractivity contribution in [2.45, 2.75) is 24.4 Å². The summed E-state index contributed by atoms with van der Waals surface area (Å²) in [5.41, 5.74) is 0. The number of aliphatic hydroxyl groups is 1. The molecule has 0 radical (unpaired) electrons. The fraction of sp³-hybridized carbons (Fsp3) is 0.583. The van der Waals surface area contributed by atoms with Crippen LogP contribution in [0.5, 0.6) is 0 Å². The second-order valence-electron chi connectivity index (χ2n) is 4.45. The average Bonchev–Trinajstić information content (AvgIpc) is 2.88. The van der Waals surface area contributed by atoms with Gasteiger partial charge < -0.3 is 14.8 Å². The maximum absolute atomic E-state index is 11.8. The third-order valence-electron chi connectivity index (χ3n) is 2.66. The summed E-state index contributed by atoms with van der Waals surface area (Å²) in [5.74, 6) is -0.484. The molecular formula is C12H20N2O5S. The van der Waals surface area contributed by atoms with E-state index in [4.69, 9.17) is 9.52 Å². The quantitative estimate of drug-likeness (QED) is 0.678. The molecule has 1 heterocycles. The summed E-state index contributed by atoms with van der Waals surface area (Å²) in [6, 6.07) is 2.59. The monoisotopic (exact) mass is 304 g/mol. The van der Waals surface area contributed by atoms with Crippen molar-refractivity contribution in [3.8, 4) is 0 Å². The fourth-order valence-electron chi connectivity index (χ4n) is 1.46. The smallest absolute Gasteiger partial charge is 0.287 e. The van der Waals surface area contributed by atoms with Crippen LogP contribution in [0.1, 0.15) is 29.8 Å². The van der Waals surface area contributed by atoms with Gasteiger partial charge in [-0.25, -0.2) is 12.7 Å². The van der Waals surface area contributed by atoms with Crippen LogP contribution in [0.3, 0.4) is 0 Å². The summed E-state index contributed by atoms with van der Waals surface area (Å²) in [7, 11) is -0.888. The molecule has 0 atom stereocenters. The molecule has 0 aliphatic rings. The second-order valence-corrected chi connectivity index (χ2v) is 6.53. The molecule has 0 saturated heterocycles. The second kappa shape index (κ2) is 7.41. The molecule has 0 bridgehead atoms. The summed E-state index contributed by atoms with van der Waals surface area (Å²) in [6.07, 6.45) is 2.26. The van der Waals surface area contributed by atoms with E-state index in [-0.39, 0.29) is 17.5 Å². The highest BCUT2D eigenvalue weighted by atomic mass is 32.2. The van der Waals surface area contributed by atoms with Gasteiger partial charge in [0, 0.05) is 27.2 Å². The molecule has 0 unspecified atom stereocenters. The van der Waals surface area contributed by atoms with Gasteiger partial charge in [-0.1, -0.05) is 0 Å². The van der Waals surface area contributed by atoms with E-state index < -0.39 is 15.9 Å². The van der Waals surface area contributed by atoms with Crippen molar-refractivity contribution in [1.82, 2.24) is 9.62 Å². The molecule has 114 valence electrons. The predicted octanol–water partition coefficient (Wildman–Crippen LogP) is 0.422. The van der Waals surface area contributed by atoms with Gasteiger partial charge in [0.15, 0.2) is 5.76 Å². The van der Waals surface area contributed by atoms with Crippen LogP contribution in [-0.4, -0.2) is 51.0 Å². The summed E-state index contributed by atoms with van der Waals surface area (Å²) in [6.45, 7) is 0.590. The molecule has 20 heavy (non-hydrogen) atoms. The summed E-state index contributed by atoms with van der Waals surface area (Å²) in [4.78, 5) is 11.7. The van der Waals surface area contributed by atoms with Crippen molar-refractivity contribution < 1.29 is 22.7 Å². The molecule has 0 saturated carbocycles. The zero-order valence-corrected chi connectivity index (χ0v) is 12.4. The fourth-order valence-corrected chi connectivity index (χ4v) is 2.26. The molecular weight excluding hydrogens is 284 g/mol. The molecule has 1 aromatic heterocycles. The Hall–Kier alpha value is -1.38. The number of unbranched alkanes of at least 4 members (excludes halogenated alkanes) is 2. The Bertz CT molecular complexity index is 536. The first-order chi connectivity index (χ1) is 9.39. The van der Waals surface area contributed by atoms with Gasteiger partial charge in [-0.15, -0.1) is 0 Å². The van der Waals surface area contributed by atoms with Crippen LogP contribution in [0.4, 0.5) is 0 Å². The van der Waals surface area contributed by atoms with Crippen LogP contribution in [0.2, 0.25) is 0 Å². The third-order valence-corrected chi connectivity index (χ3v) is 4.35. The lowest BCUT2D eigenvalue weighted by molar-refractivity contribution is 0.0919. The minimum atomic E-state index is -3.66. The van der Waals surface area contributed by atoms with E-state index >= 15 is 0 Å². The van der Waals surface area contributed by atoms with Crippen molar-refractivity contribution in [3.63, 3.8) is 0 Å². The van der Waals surface area contributed by atoms with E-state index in [0.29, 0.717) is 13.0 Å². The number of nitrogens with one attached hydrogen (secondary N) is 1. The minimum absolute atomic E-state index is 0.0346. The van der Waals surface area contributed by atoms with Crippen LogP contribution in [-0.2, 0) is 10.0 Å². The summed E-state index contributed by atoms with van der Waals surface area (Å²) >= 11 is 0. The number of sulfonamides is 1. The summed E-state index contributed by atoms with van der Waals surface area (Å²) < 4.78 is 29.6. The highest BCUT2D eigenvalue weighted by Gasteiger charge is 2.23. The van der Waals surface area contributed by atoms with Crippen LogP contribution >= 0.6 is 0 Å². The molecule has 0 aliphatic carbocycles. The first-order valence-corrected chi connectivity index (χ1v) is 7.75. The van der Waals surface area contributed by atoms with Crippen LogP contribution < -0.4 is 5.32 Å². The van der Waals surface area contributed by atoms with Gasteiger partial charge in [0.25, 0.3) is 15.9 Å². The number of carbonyl (C=O) groups is 1. The third kappa shape index (κ3) is 4.32. The van der Waals surface area contributed by atoms with E-state index in [2.05, 4.69) is 5.32 Å². The van der Waals surface area contributed by atoms with Crippen molar-refractivity contribution in [1.29, 1.82) is 0 Å². The number of amides is 1. The van der Waals surface area contributed by atoms with Crippen LogP contribution in [0.15, 0.2) is 21.6 Å². The van der Waals surface area contributed by atoms with E-state index in [0.717, 1.165) is 17.1 Å². The first-order valence-electron chi connectivity index (χ1n) is 6.31. The normalized spacial score (nSPS) is 11.8. The highest BCUT2D eigenvalue weighted by Crippen LogP contribution is 2.16.